The van der Waals surface area contributed by atoms with Crippen molar-refractivity contribution in [2.75, 3.05) is 52.1 Å². The van der Waals surface area contributed by atoms with Gasteiger partial charge in [-0.25, -0.2) is 0 Å². The molecule has 1 atom stereocenters. The van der Waals surface area contributed by atoms with Crippen molar-refractivity contribution in [1.82, 2.24) is 15.1 Å². The summed E-state index contributed by atoms with van der Waals surface area (Å²) in [5.41, 5.74) is 0. The van der Waals surface area contributed by atoms with Gasteiger partial charge in [0.2, 0.25) is 0 Å². The molecular formula is C18H36N4S. The van der Waals surface area contributed by atoms with E-state index in [2.05, 4.69) is 54.7 Å². The van der Waals surface area contributed by atoms with E-state index in [9.17, 15) is 0 Å². The Morgan fingerprint density at radius 2 is 2.00 bits per heavy atom. The number of nitrogens with zero attached hydrogens (tertiary/aromatic N) is 3. The van der Waals surface area contributed by atoms with Gasteiger partial charge in [0.15, 0.2) is 5.96 Å². The van der Waals surface area contributed by atoms with Gasteiger partial charge in [0.05, 0.1) is 0 Å². The minimum absolute atomic E-state index is 0.737. The minimum Gasteiger partial charge on any atom is -0.357 e. The summed E-state index contributed by atoms with van der Waals surface area (Å²) in [4.78, 5) is 9.88. The zero-order valence-corrected chi connectivity index (χ0v) is 16.4. The molecule has 23 heavy (non-hydrogen) atoms. The Labute approximate surface area is 147 Å². The quantitative estimate of drug-likeness (QED) is 0.616. The molecule has 0 aromatic heterocycles. The van der Waals surface area contributed by atoms with E-state index in [1.165, 1.54) is 38.1 Å². The highest BCUT2D eigenvalue weighted by atomic mass is 32.2. The number of rotatable bonds is 5. The van der Waals surface area contributed by atoms with Gasteiger partial charge in [-0.15, -0.1) is 0 Å². The van der Waals surface area contributed by atoms with E-state index in [0.717, 1.165) is 49.2 Å². The van der Waals surface area contributed by atoms with Crippen LogP contribution in [0, 0.1) is 11.8 Å². The van der Waals surface area contributed by atoms with Gasteiger partial charge in [0, 0.05) is 37.2 Å². The molecule has 0 aliphatic carbocycles. The molecule has 2 saturated heterocycles. The zero-order chi connectivity index (χ0) is 16.7. The van der Waals surface area contributed by atoms with E-state index in [4.69, 9.17) is 4.99 Å². The Bertz CT molecular complexity index is 364. The second kappa shape index (κ2) is 9.77. The van der Waals surface area contributed by atoms with Crippen molar-refractivity contribution < 1.29 is 0 Å². The van der Waals surface area contributed by atoms with Gasteiger partial charge in [-0.3, -0.25) is 4.99 Å². The maximum absolute atomic E-state index is 4.95. The molecule has 0 saturated carbocycles. The van der Waals surface area contributed by atoms with Crippen molar-refractivity contribution in [2.45, 2.75) is 45.3 Å². The van der Waals surface area contributed by atoms with Crippen LogP contribution in [0.5, 0.6) is 0 Å². The van der Waals surface area contributed by atoms with E-state index < -0.39 is 0 Å². The average Bonchev–Trinajstić information content (AvgIpc) is 2.56. The van der Waals surface area contributed by atoms with Crippen molar-refractivity contribution in [3.8, 4) is 0 Å². The maximum Gasteiger partial charge on any atom is 0.193 e. The number of nitrogens with one attached hydrogen (secondary N) is 1. The predicted molar refractivity (Wildman–Crippen MR) is 103 cm³/mol. The SMILES string of the molecule is CCNC(=NCCC1CCN(C)CC1)N1CCSC(C(C)C)C1. The molecule has 0 aromatic carbocycles. The van der Waals surface area contributed by atoms with E-state index in [1.807, 2.05) is 0 Å². The Morgan fingerprint density at radius 1 is 1.26 bits per heavy atom. The van der Waals surface area contributed by atoms with Gasteiger partial charge in [-0.05, 0) is 58.2 Å². The lowest BCUT2D eigenvalue weighted by Crippen LogP contribution is -2.49. The summed E-state index contributed by atoms with van der Waals surface area (Å²) in [6.07, 6.45) is 3.94. The smallest absolute Gasteiger partial charge is 0.193 e. The van der Waals surface area contributed by atoms with Crippen molar-refractivity contribution in [3.05, 3.63) is 0 Å². The molecule has 2 heterocycles. The second-order valence-corrected chi connectivity index (χ2v) is 8.72. The van der Waals surface area contributed by atoms with E-state index in [0.29, 0.717) is 0 Å². The van der Waals surface area contributed by atoms with Gasteiger partial charge in [-0.1, -0.05) is 13.8 Å². The number of piperidine rings is 1. The number of hydrogen-bond donors (Lipinski definition) is 1. The van der Waals surface area contributed by atoms with Gasteiger partial charge in [0.1, 0.15) is 0 Å². The van der Waals surface area contributed by atoms with Crippen LogP contribution in [0.3, 0.4) is 0 Å². The van der Waals surface area contributed by atoms with Gasteiger partial charge in [0.25, 0.3) is 0 Å². The predicted octanol–water partition coefficient (Wildman–Crippen LogP) is 2.76. The lowest BCUT2D eigenvalue weighted by atomic mass is 9.94. The molecule has 0 aromatic rings. The molecule has 1 unspecified atom stereocenters. The topological polar surface area (TPSA) is 30.9 Å². The molecule has 0 spiro atoms. The average molecular weight is 341 g/mol. The first kappa shape index (κ1) is 18.9. The van der Waals surface area contributed by atoms with Crippen LogP contribution in [-0.4, -0.2) is 73.1 Å². The first-order valence-electron chi connectivity index (χ1n) is 9.43. The third-order valence-electron chi connectivity index (χ3n) is 5.11. The maximum atomic E-state index is 4.95. The Balaban J connectivity index is 1.84. The number of likely N-dealkylation sites (tertiary alicyclic amines) is 1. The molecule has 2 aliphatic rings. The van der Waals surface area contributed by atoms with E-state index in [-0.39, 0.29) is 0 Å². The van der Waals surface area contributed by atoms with Crippen molar-refractivity contribution in [2.24, 2.45) is 16.8 Å². The first-order chi connectivity index (χ1) is 11.1. The number of hydrogen-bond acceptors (Lipinski definition) is 3. The van der Waals surface area contributed by atoms with Crippen LogP contribution in [0.2, 0.25) is 0 Å². The molecule has 5 heteroatoms. The van der Waals surface area contributed by atoms with Crippen molar-refractivity contribution in [3.63, 3.8) is 0 Å². The molecule has 0 radical (unpaired) electrons. The van der Waals surface area contributed by atoms with Crippen LogP contribution in [0.25, 0.3) is 0 Å². The van der Waals surface area contributed by atoms with Gasteiger partial charge in [-0.2, -0.15) is 11.8 Å². The van der Waals surface area contributed by atoms with Crippen LogP contribution in [0.4, 0.5) is 0 Å². The summed E-state index contributed by atoms with van der Waals surface area (Å²) in [5.74, 6) is 3.98. The van der Waals surface area contributed by atoms with E-state index in [1.54, 1.807) is 0 Å². The normalized spacial score (nSPS) is 25.2. The fourth-order valence-corrected chi connectivity index (χ4v) is 4.70. The number of thioether (sulfide) groups is 1. The Hall–Kier alpha value is -0.420. The summed E-state index contributed by atoms with van der Waals surface area (Å²) < 4.78 is 0. The second-order valence-electron chi connectivity index (χ2n) is 7.37. The van der Waals surface area contributed by atoms with Crippen LogP contribution in [0.1, 0.15) is 40.0 Å². The summed E-state index contributed by atoms with van der Waals surface area (Å²) >= 11 is 2.13. The standard InChI is InChI=1S/C18H36N4S/c1-5-19-18(22-12-13-23-17(14-22)15(2)3)20-9-6-16-7-10-21(4)11-8-16/h15-17H,5-14H2,1-4H3,(H,19,20). The zero-order valence-electron chi connectivity index (χ0n) is 15.6. The Morgan fingerprint density at radius 3 is 2.65 bits per heavy atom. The minimum atomic E-state index is 0.737. The largest absolute Gasteiger partial charge is 0.357 e. The van der Waals surface area contributed by atoms with Crippen molar-refractivity contribution in [1.29, 1.82) is 0 Å². The first-order valence-corrected chi connectivity index (χ1v) is 10.5. The molecule has 4 nitrogen and oxygen atoms in total. The molecule has 2 rings (SSSR count). The highest BCUT2D eigenvalue weighted by Crippen LogP contribution is 2.25. The number of guanidine groups is 1. The molecule has 134 valence electrons. The summed E-state index contributed by atoms with van der Waals surface area (Å²) in [7, 11) is 2.23. The fourth-order valence-electron chi connectivity index (χ4n) is 3.40. The van der Waals surface area contributed by atoms with Crippen molar-refractivity contribution >= 4 is 17.7 Å². The molecule has 2 fully saturated rings. The lowest BCUT2D eigenvalue weighted by molar-refractivity contribution is 0.214. The third-order valence-corrected chi connectivity index (χ3v) is 6.65. The van der Waals surface area contributed by atoms with Gasteiger partial charge < -0.3 is 15.1 Å². The molecule has 0 amide bonds. The Kier molecular flexibility index (Phi) is 8.04. The molecule has 1 N–H and O–H groups in total. The summed E-state index contributed by atoms with van der Waals surface area (Å²) in [6, 6.07) is 0. The van der Waals surface area contributed by atoms with E-state index >= 15 is 0 Å². The summed E-state index contributed by atoms with van der Waals surface area (Å²) in [5, 5.41) is 4.25. The van der Waals surface area contributed by atoms with Crippen LogP contribution >= 0.6 is 11.8 Å². The number of aliphatic imine (C=N–C) groups is 1. The molecular weight excluding hydrogens is 304 g/mol. The van der Waals surface area contributed by atoms with Gasteiger partial charge >= 0.3 is 0 Å². The fraction of sp³-hybridized carbons (Fsp3) is 0.944. The van der Waals surface area contributed by atoms with Crippen LogP contribution < -0.4 is 5.32 Å². The van der Waals surface area contributed by atoms with Crippen LogP contribution in [-0.2, 0) is 0 Å². The summed E-state index contributed by atoms with van der Waals surface area (Å²) in [6.45, 7) is 13.6. The molecule has 0 bridgehead atoms. The van der Waals surface area contributed by atoms with Crippen LogP contribution in [0.15, 0.2) is 4.99 Å². The third kappa shape index (κ3) is 6.18. The highest BCUT2D eigenvalue weighted by molar-refractivity contribution is 8.00. The molecule has 2 aliphatic heterocycles. The highest BCUT2D eigenvalue weighted by Gasteiger charge is 2.25. The monoisotopic (exact) mass is 340 g/mol. The lowest BCUT2D eigenvalue weighted by Gasteiger charge is -2.36.